The highest BCUT2D eigenvalue weighted by molar-refractivity contribution is 5.92. The maximum atomic E-state index is 12.6. The van der Waals surface area contributed by atoms with Gasteiger partial charge in [0, 0.05) is 19.5 Å². The van der Waals surface area contributed by atoms with Crippen LogP contribution in [0, 0.1) is 5.41 Å². The van der Waals surface area contributed by atoms with Crippen LogP contribution in [0.25, 0.3) is 0 Å². The Morgan fingerprint density at radius 1 is 1.10 bits per heavy atom. The van der Waals surface area contributed by atoms with E-state index in [-0.39, 0.29) is 17.2 Å². The maximum absolute atomic E-state index is 12.6. The van der Waals surface area contributed by atoms with Gasteiger partial charge in [0.1, 0.15) is 5.54 Å². The lowest BCUT2D eigenvalue weighted by atomic mass is 9.79. The van der Waals surface area contributed by atoms with E-state index in [4.69, 9.17) is 0 Å². The van der Waals surface area contributed by atoms with Crippen LogP contribution in [0.3, 0.4) is 0 Å². The van der Waals surface area contributed by atoms with E-state index in [1.165, 1.54) is 0 Å². The van der Waals surface area contributed by atoms with Crippen LogP contribution in [0.1, 0.15) is 40.0 Å². The number of hydrogen-bond acceptors (Lipinski definition) is 3. The number of rotatable bonds is 2. The van der Waals surface area contributed by atoms with Crippen molar-refractivity contribution in [2.75, 3.05) is 33.2 Å². The van der Waals surface area contributed by atoms with E-state index < -0.39 is 5.54 Å². The maximum Gasteiger partial charge on any atom is 0.247 e. The molecule has 114 valence electrons. The van der Waals surface area contributed by atoms with Crippen LogP contribution in [-0.4, -0.2) is 60.4 Å². The van der Waals surface area contributed by atoms with Crippen LogP contribution in [0.2, 0.25) is 0 Å². The molecule has 0 aromatic heterocycles. The Bertz CT molecular complexity index is 398. The molecule has 0 unspecified atom stereocenters. The summed E-state index contributed by atoms with van der Waals surface area (Å²) in [4.78, 5) is 28.5. The molecule has 1 N–H and O–H groups in total. The third-order valence-corrected chi connectivity index (χ3v) is 4.65. The first kappa shape index (κ1) is 15.3. The highest BCUT2D eigenvalue weighted by Gasteiger charge is 2.40. The molecular formula is C15H27N3O2. The highest BCUT2D eigenvalue weighted by atomic mass is 16.2. The molecule has 2 aliphatic rings. The zero-order chi connectivity index (χ0) is 15.0. The molecule has 0 aromatic carbocycles. The Labute approximate surface area is 121 Å². The number of amides is 2. The van der Waals surface area contributed by atoms with E-state index in [0.29, 0.717) is 13.0 Å². The largest absolute Gasteiger partial charge is 0.342 e. The number of piperidine rings is 1. The average Bonchev–Trinajstić information content (AvgIpc) is 2.45. The van der Waals surface area contributed by atoms with Crippen molar-refractivity contribution in [2.45, 2.75) is 45.6 Å². The number of nitrogens with one attached hydrogen (secondary N) is 1. The Hall–Kier alpha value is -1.10. The van der Waals surface area contributed by atoms with E-state index in [9.17, 15) is 9.59 Å². The van der Waals surface area contributed by atoms with Crippen molar-refractivity contribution in [3.8, 4) is 0 Å². The molecule has 2 rings (SSSR count). The van der Waals surface area contributed by atoms with Crippen LogP contribution in [0.4, 0.5) is 0 Å². The summed E-state index contributed by atoms with van der Waals surface area (Å²) in [5.41, 5.74) is -0.610. The van der Waals surface area contributed by atoms with E-state index in [2.05, 4.69) is 24.2 Å². The Balaban J connectivity index is 2.07. The molecule has 0 spiro atoms. The van der Waals surface area contributed by atoms with Crippen molar-refractivity contribution in [2.24, 2.45) is 5.41 Å². The second-order valence-corrected chi connectivity index (χ2v) is 7.26. The first-order valence-electron chi connectivity index (χ1n) is 7.51. The lowest BCUT2D eigenvalue weighted by Gasteiger charge is -2.42. The SMILES string of the molecule is CN1CCC(C)(CN2CCC(=O)NC(C)(C)C2=O)CC1. The number of carbonyl (C=O) groups is 2. The summed E-state index contributed by atoms with van der Waals surface area (Å²) < 4.78 is 0. The lowest BCUT2D eigenvalue weighted by molar-refractivity contribution is -0.139. The van der Waals surface area contributed by atoms with Crippen LogP contribution >= 0.6 is 0 Å². The monoisotopic (exact) mass is 281 g/mol. The van der Waals surface area contributed by atoms with Gasteiger partial charge in [-0.3, -0.25) is 9.59 Å². The summed E-state index contributed by atoms with van der Waals surface area (Å²) in [5, 5.41) is 2.82. The molecule has 0 atom stereocenters. The molecule has 0 bridgehead atoms. The van der Waals surface area contributed by atoms with Gasteiger partial charge < -0.3 is 15.1 Å². The second-order valence-electron chi connectivity index (χ2n) is 7.26. The average molecular weight is 281 g/mol. The summed E-state index contributed by atoms with van der Waals surface area (Å²) in [5.74, 6) is 0.0166. The van der Waals surface area contributed by atoms with Crippen LogP contribution in [-0.2, 0) is 9.59 Å². The van der Waals surface area contributed by atoms with Gasteiger partial charge in [-0.2, -0.15) is 0 Å². The molecule has 5 nitrogen and oxygen atoms in total. The third kappa shape index (κ3) is 3.32. The zero-order valence-corrected chi connectivity index (χ0v) is 13.2. The summed E-state index contributed by atoms with van der Waals surface area (Å²) in [6, 6.07) is 0. The van der Waals surface area contributed by atoms with Crippen molar-refractivity contribution in [3.63, 3.8) is 0 Å². The van der Waals surface area contributed by atoms with Gasteiger partial charge in [-0.05, 0) is 52.2 Å². The van der Waals surface area contributed by atoms with Gasteiger partial charge in [0.25, 0.3) is 0 Å². The van der Waals surface area contributed by atoms with Crippen molar-refractivity contribution in [1.82, 2.24) is 15.1 Å². The standard InChI is InChI=1S/C15H27N3O2/c1-14(2)13(20)18(8-5-12(19)16-14)11-15(3)6-9-17(4)10-7-15/h5-11H2,1-4H3,(H,16,19). The minimum Gasteiger partial charge on any atom is -0.342 e. The molecule has 2 fully saturated rings. The van der Waals surface area contributed by atoms with Gasteiger partial charge in [-0.1, -0.05) is 6.92 Å². The van der Waals surface area contributed by atoms with Crippen LogP contribution in [0.5, 0.6) is 0 Å². The first-order valence-corrected chi connectivity index (χ1v) is 7.51. The molecule has 0 radical (unpaired) electrons. The number of likely N-dealkylation sites (tertiary alicyclic amines) is 1. The third-order valence-electron chi connectivity index (χ3n) is 4.65. The fourth-order valence-corrected chi connectivity index (χ4v) is 3.13. The van der Waals surface area contributed by atoms with E-state index in [1.807, 2.05) is 4.90 Å². The van der Waals surface area contributed by atoms with Gasteiger partial charge in [-0.15, -0.1) is 0 Å². The smallest absolute Gasteiger partial charge is 0.247 e. The van der Waals surface area contributed by atoms with E-state index >= 15 is 0 Å². The Kier molecular flexibility index (Phi) is 4.09. The predicted octanol–water partition coefficient (Wildman–Crippen LogP) is 0.845. The van der Waals surface area contributed by atoms with Crippen LogP contribution < -0.4 is 5.32 Å². The fraction of sp³-hybridized carbons (Fsp3) is 0.867. The van der Waals surface area contributed by atoms with Gasteiger partial charge in [-0.25, -0.2) is 0 Å². The second kappa shape index (κ2) is 5.35. The first-order chi connectivity index (χ1) is 9.22. The van der Waals surface area contributed by atoms with E-state index in [1.54, 1.807) is 13.8 Å². The molecule has 2 heterocycles. The Morgan fingerprint density at radius 2 is 1.70 bits per heavy atom. The molecule has 2 aliphatic heterocycles. The minimum absolute atomic E-state index is 0.0284. The van der Waals surface area contributed by atoms with Crippen molar-refractivity contribution >= 4 is 11.8 Å². The molecule has 2 amide bonds. The normalized spacial score (nSPS) is 27.1. The predicted molar refractivity (Wildman–Crippen MR) is 78.3 cm³/mol. The molecule has 0 saturated carbocycles. The lowest BCUT2D eigenvalue weighted by Crippen LogP contribution is -2.55. The fourth-order valence-electron chi connectivity index (χ4n) is 3.13. The topological polar surface area (TPSA) is 52.6 Å². The number of carbonyl (C=O) groups excluding carboxylic acids is 2. The molecule has 5 heteroatoms. The summed E-state index contributed by atoms with van der Waals surface area (Å²) in [7, 11) is 2.14. The van der Waals surface area contributed by atoms with Crippen molar-refractivity contribution in [1.29, 1.82) is 0 Å². The summed E-state index contributed by atoms with van der Waals surface area (Å²) >= 11 is 0. The van der Waals surface area contributed by atoms with Gasteiger partial charge >= 0.3 is 0 Å². The summed E-state index contributed by atoms with van der Waals surface area (Å²) in [6.45, 7) is 9.32. The van der Waals surface area contributed by atoms with Crippen LogP contribution in [0.15, 0.2) is 0 Å². The van der Waals surface area contributed by atoms with E-state index in [0.717, 1.165) is 32.5 Å². The van der Waals surface area contributed by atoms with Gasteiger partial charge in [0.2, 0.25) is 11.8 Å². The number of hydrogen-bond donors (Lipinski definition) is 1. The zero-order valence-electron chi connectivity index (χ0n) is 13.2. The van der Waals surface area contributed by atoms with Crippen molar-refractivity contribution in [3.05, 3.63) is 0 Å². The summed E-state index contributed by atoms with van der Waals surface area (Å²) in [6.07, 6.45) is 2.62. The molecule has 2 saturated heterocycles. The van der Waals surface area contributed by atoms with Gasteiger partial charge in [0.15, 0.2) is 0 Å². The van der Waals surface area contributed by atoms with Crippen molar-refractivity contribution < 1.29 is 9.59 Å². The quantitative estimate of drug-likeness (QED) is 0.816. The number of nitrogens with zero attached hydrogens (tertiary/aromatic N) is 2. The molecule has 20 heavy (non-hydrogen) atoms. The minimum atomic E-state index is -0.782. The highest BCUT2D eigenvalue weighted by Crippen LogP contribution is 2.32. The molecule has 0 aliphatic carbocycles. The molecule has 0 aromatic rings. The Morgan fingerprint density at radius 3 is 2.30 bits per heavy atom. The molecular weight excluding hydrogens is 254 g/mol. The van der Waals surface area contributed by atoms with Gasteiger partial charge in [0.05, 0.1) is 0 Å².